The van der Waals surface area contributed by atoms with Crippen molar-refractivity contribution < 1.29 is 40.2 Å². The van der Waals surface area contributed by atoms with Crippen molar-refractivity contribution in [2.24, 2.45) is 0 Å². The van der Waals surface area contributed by atoms with Crippen LogP contribution in [0.25, 0.3) is 0 Å². The zero-order valence-electron chi connectivity index (χ0n) is 26.3. The van der Waals surface area contributed by atoms with Crippen molar-refractivity contribution in [3.05, 3.63) is 182 Å². The van der Waals surface area contributed by atoms with Gasteiger partial charge in [0, 0.05) is 11.9 Å². The number of benzene rings is 6. The Balaban J connectivity index is 0.000000262. The van der Waals surface area contributed by atoms with Gasteiger partial charge in [0.15, 0.2) is 0 Å². The number of carbonyl (C=O) groups excluding carboxylic acids is 2. The molecule has 0 N–H and O–H groups in total. The predicted molar refractivity (Wildman–Crippen MR) is 194 cm³/mol. The largest absolute Gasteiger partial charge is 2.00 e. The molecule has 47 heavy (non-hydrogen) atoms. The minimum Gasteiger partial charge on any atom is -0.550 e. The molecule has 0 fully saturated rings. The Labute approximate surface area is 294 Å². The normalized spacial score (nSPS) is 9.62. The quantitative estimate of drug-likeness (QED) is 0.192. The second-order valence-electron chi connectivity index (χ2n) is 9.93. The summed E-state index contributed by atoms with van der Waals surface area (Å²) in [6, 6.07) is 65.0. The van der Waals surface area contributed by atoms with E-state index in [1.165, 1.54) is 31.8 Å². The van der Waals surface area contributed by atoms with Crippen LogP contribution in [0.15, 0.2) is 182 Å². The molecule has 7 heteroatoms. The maximum absolute atomic E-state index is 8.89. The minimum atomic E-state index is -1.08. The molecular weight excluding hydrogens is 713 g/mol. The molecule has 0 aliphatic carbocycles. The third kappa shape index (κ3) is 14.4. The molecule has 6 aromatic rings. The van der Waals surface area contributed by atoms with Crippen LogP contribution in [0, 0.1) is 0 Å². The second-order valence-corrected chi connectivity index (χ2v) is 14.9. The van der Waals surface area contributed by atoms with Crippen LogP contribution in [-0.4, -0.2) is 11.9 Å². The molecular formula is C40H38O4P2Pd+2. The SMILES string of the molecule is CC(=O)[O-].CC(=O)[O-].[Pd+2].c1ccc([PH+](c2ccccc2)c2ccccc2)cc1.c1ccc([PH+](c2ccccc2)c2ccccc2)cc1. The van der Waals surface area contributed by atoms with Gasteiger partial charge in [-0.1, -0.05) is 109 Å². The molecule has 6 rings (SSSR count). The van der Waals surface area contributed by atoms with Gasteiger partial charge in [-0.2, -0.15) is 0 Å². The molecule has 0 amide bonds. The van der Waals surface area contributed by atoms with E-state index in [9.17, 15) is 0 Å². The second kappa shape index (κ2) is 22.3. The first-order valence-electron chi connectivity index (χ1n) is 14.8. The Morgan fingerprint density at radius 2 is 0.447 bits per heavy atom. The molecule has 0 aliphatic heterocycles. The van der Waals surface area contributed by atoms with Crippen LogP contribution < -0.4 is 42.0 Å². The summed E-state index contributed by atoms with van der Waals surface area (Å²) in [6.45, 7) is 1.94. The molecule has 0 saturated carbocycles. The van der Waals surface area contributed by atoms with Crippen LogP contribution in [-0.2, 0) is 30.0 Å². The maximum atomic E-state index is 8.89. The number of carbonyl (C=O) groups is 2. The monoisotopic (exact) mass is 750 g/mol. The molecule has 0 spiro atoms. The van der Waals surface area contributed by atoms with Crippen molar-refractivity contribution in [2.45, 2.75) is 13.8 Å². The molecule has 0 bridgehead atoms. The zero-order chi connectivity index (χ0) is 33.0. The summed E-state index contributed by atoms with van der Waals surface area (Å²) in [7, 11) is -1.75. The third-order valence-corrected chi connectivity index (χ3v) is 11.8. The Morgan fingerprint density at radius 3 is 0.553 bits per heavy atom. The number of rotatable bonds is 6. The van der Waals surface area contributed by atoms with E-state index in [1.807, 2.05) is 0 Å². The summed E-state index contributed by atoms with van der Waals surface area (Å²) >= 11 is 0. The van der Waals surface area contributed by atoms with Crippen LogP contribution >= 0.6 is 15.8 Å². The number of carboxylic acids is 2. The summed E-state index contributed by atoms with van der Waals surface area (Å²) in [6.07, 6.45) is 0. The Morgan fingerprint density at radius 1 is 0.340 bits per heavy atom. The fourth-order valence-electron chi connectivity index (χ4n) is 4.63. The first-order chi connectivity index (χ1) is 22.4. The van der Waals surface area contributed by atoms with E-state index in [0.717, 1.165) is 13.8 Å². The van der Waals surface area contributed by atoms with E-state index in [0.29, 0.717) is 0 Å². The number of carboxylic acid groups (broad SMARTS) is 2. The minimum absolute atomic E-state index is 0. The van der Waals surface area contributed by atoms with Gasteiger partial charge < -0.3 is 19.8 Å². The van der Waals surface area contributed by atoms with E-state index >= 15 is 0 Å². The van der Waals surface area contributed by atoms with Crippen LogP contribution in [0.2, 0.25) is 0 Å². The van der Waals surface area contributed by atoms with Crippen molar-refractivity contribution >= 4 is 59.6 Å². The molecule has 0 unspecified atom stereocenters. The van der Waals surface area contributed by atoms with Gasteiger partial charge in [0.1, 0.15) is 31.8 Å². The molecule has 4 nitrogen and oxygen atoms in total. The van der Waals surface area contributed by atoms with E-state index in [2.05, 4.69) is 182 Å². The zero-order valence-corrected chi connectivity index (χ0v) is 29.8. The maximum Gasteiger partial charge on any atom is 2.00 e. The van der Waals surface area contributed by atoms with Crippen LogP contribution in [0.3, 0.4) is 0 Å². The van der Waals surface area contributed by atoms with Crippen molar-refractivity contribution in [3.8, 4) is 0 Å². The van der Waals surface area contributed by atoms with Gasteiger partial charge in [-0.25, -0.2) is 0 Å². The van der Waals surface area contributed by atoms with Crippen LogP contribution in [0.5, 0.6) is 0 Å². The topological polar surface area (TPSA) is 80.3 Å². The van der Waals surface area contributed by atoms with Gasteiger partial charge in [-0.15, -0.1) is 0 Å². The van der Waals surface area contributed by atoms with Crippen molar-refractivity contribution in [1.29, 1.82) is 0 Å². The van der Waals surface area contributed by atoms with Crippen molar-refractivity contribution in [2.75, 3.05) is 0 Å². The van der Waals surface area contributed by atoms with Gasteiger partial charge in [0.25, 0.3) is 0 Å². The van der Waals surface area contributed by atoms with E-state index in [4.69, 9.17) is 19.8 Å². The van der Waals surface area contributed by atoms with Gasteiger partial charge in [-0.3, -0.25) is 0 Å². The molecule has 0 aliphatic rings. The molecule has 240 valence electrons. The average Bonchev–Trinajstić information content (AvgIpc) is 3.08. The fraction of sp³-hybridized carbons (Fsp3) is 0.0500. The summed E-state index contributed by atoms with van der Waals surface area (Å²) in [5.41, 5.74) is 0. The van der Waals surface area contributed by atoms with Gasteiger partial charge in [0.2, 0.25) is 0 Å². The smallest absolute Gasteiger partial charge is 0.550 e. The van der Waals surface area contributed by atoms with Crippen LogP contribution in [0.4, 0.5) is 0 Å². The summed E-state index contributed by atoms with van der Waals surface area (Å²) in [5, 5.41) is 26.4. The summed E-state index contributed by atoms with van der Waals surface area (Å²) < 4.78 is 0. The fourth-order valence-corrected chi connectivity index (χ4v) is 9.78. The molecule has 0 heterocycles. The Kier molecular flexibility index (Phi) is 18.5. The number of hydrogen-bond acceptors (Lipinski definition) is 4. The van der Waals surface area contributed by atoms with Crippen LogP contribution in [0.1, 0.15) is 13.8 Å². The standard InChI is InChI=1S/2C18H15P.2C2H4O2.Pd/c2*1-4-10-16(11-5-1)19(17-12-6-2-7-13-17)18-14-8-3-9-15-18;2*1-2(3)4;/h2*1-15H;2*1H3,(H,3,4);/q;;;;+2. The third-order valence-electron chi connectivity index (χ3n) is 6.37. The molecule has 0 atom stereocenters. The first-order valence-corrected chi connectivity index (χ1v) is 17.8. The molecule has 0 radical (unpaired) electrons. The van der Waals surface area contributed by atoms with Gasteiger partial charge in [-0.05, 0) is 86.6 Å². The Bertz CT molecular complexity index is 1370. The van der Waals surface area contributed by atoms with Gasteiger partial charge in [0.05, 0.1) is 15.8 Å². The predicted octanol–water partition coefficient (Wildman–Crippen LogP) is 3.86. The van der Waals surface area contributed by atoms with Crippen molar-refractivity contribution in [3.63, 3.8) is 0 Å². The van der Waals surface area contributed by atoms with Crippen molar-refractivity contribution in [1.82, 2.24) is 0 Å². The summed E-state index contributed by atoms with van der Waals surface area (Å²) in [5.74, 6) is -2.17. The van der Waals surface area contributed by atoms with Gasteiger partial charge >= 0.3 is 20.4 Å². The molecule has 0 saturated heterocycles. The Hall–Kier alpha value is -4.22. The number of aliphatic carboxylic acids is 2. The van der Waals surface area contributed by atoms with E-state index < -0.39 is 27.8 Å². The van der Waals surface area contributed by atoms with E-state index in [-0.39, 0.29) is 20.4 Å². The average molecular weight is 751 g/mol. The number of hydrogen-bond donors (Lipinski definition) is 0. The summed E-state index contributed by atoms with van der Waals surface area (Å²) in [4.78, 5) is 17.8. The molecule has 6 aromatic carbocycles. The van der Waals surface area contributed by atoms with E-state index in [1.54, 1.807) is 0 Å². The first kappa shape index (κ1) is 39.0. The molecule has 0 aromatic heterocycles.